The number of rotatable bonds is 7. The number of sulfonamides is 2. The summed E-state index contributed by atoms with van der Waals surface area (Å²) in [7, 11) is -7.34. The zero-order chi connectivity index (χ0) is 19.4. The number of nitrogens with one attached hydrogen (secondary N) is 1. The Hall–Kier alpha value is -2.41. The van der Waals surface area contributed by atoms with Gasteiger partial charge in [0.2, 0.25) is 20.0 Å². The minimum atomic E-state index is -3.73. The predicted octanol–water partition coefficient (Wildman–Crippen LogP) is 1.61. The first-order valence-corrected chi connectivity index (χ1v) is 11.0. The molecule has 0 saturated carbocycles. The van der Waals surface area contributed by atoms with E-state index in [1.165, 1.54) is 36.4 Å². The third-order valence-electron chi connectivity index (χ3n) is 3.59. The fourth-order valence-corrected chi connectivity index (χ4v) is 4.39. The van der Waals surface area contributed by atoms with Crippen molar-refractivity contribution < 1.29 is 16.8 Å². The Morgan fingerprint density at radius 2 is 1.73 bits per heavy atom. The van der Waals surface area contributed by atoms with Crippen LogP contribution in [-0.2, 0) is 20.0 Å². The molecule has 138 valence electrons. The molecule has 2 aromatic carbocycles. The van der Waals surface area contributed by atoms with Gasteiger partial charge < -0.3 is 0 Å². The van der Waals surface area contributed by atoms with Gasteiger partial charge in [0, 0.05) is 13.1 Å². The first-order valence-electron chi connectivity index (χ1n) is 7.68. The molecule has 7 nitrogen and oxygen atoms in total. The van der Waals surface area contributed by atoms with Crippen LogP contribution in [0.4, 0.5) is 5.69 Å². The molecule has 0 spiro atoms. The Bertz CT molecular complexity index is 1020. The molecule has 9 heteroatoms. The lowest BCUT2D eigenvalue weighted by Crippen LogP contribution is -2.38. The number of aryl methyl sites for hydroxylation is 1. The highest BCUT2D eigenvalue weighted by molar-refractivity contribution is 7.92. The van der Waals surface area contributed by atoms with Crippen molar-refractivity contribution in [1.29, 1.82) is 5.26 Å². The molecule has 0 bridgehead atoms. The van der Waals surface area contributed by atoms with Gasteiger partial charge in [0.05, 0.1) is 28.5 Å². The summed E-state index contributed by atoms with van der Waals surface area (Å²) in [6.07, 6.45) is 1.04. The first kappa shape index (κ1) is 19.9. The standard InChI is InChI=1S/C17H19N3O4S2/c1-14-4-3-5-17(12-14)26(23,24)19-10-11-20(25(2,21)22)16-8-6-15(13-18)7-9-16/h3-9,12,19H,10-11H2,1-2H3. The van der Waals surface area contributed by atoms with Crippen molar-refractivity contribution >= 4 is 25.7 Å². The number of nitrogens with zero attached hydrogens (tertiary/aromatic N) is 2. The molecule has 0 fully saturated rings. The van der Waals surface area contributed by atoms with E-state index in [1.807, 2.05) is 6.07 Å². The Balaban J connectivity index is 2.14. The van der Waals surface area contributed by atoms with Crippen LogP contribution in [0.5, 0.6) is 0 Å². The lowest BCUT2D eigenvalue weighted by atomic mass is 10.2. The maximum Gasteiger partial charge on any atom is 0.240 e. The van der Waals surface area contributed by atoms with Crippen molar-refractivity contribution in [2.45, 2.75) is 11.8 Å². The molecule has 1 N–H and O–H groups in total. The van der Waals surface area contributed by atoms with Gasteiger partial charge in [-0.3, -0.25) is 4.31 Å². The molecule has 0 atom stereocenters. The summed E-state index contributed by atoms with van der Waals surface area (Å²) < 4.78 is 52.2. The zero-order valence-corrected chi connectivity index (χ0v) is 16.0. The van der Waals surface area contributed by atoms with Crippen LogP contribution in [0.1, 0.15) is 11.1 Å². The molecule has 0 aromatic heterocycles. The van der Waals surface area contributed by atoms with E-state index in [-0.39, 0.29) is 18.0 Å². The van der Waals surface area contributed by atoms with Gasteiger partial charge in [-0.05, 0) is 48.9 Å². The van der Waals surface area contributed by atoms with Crippen LogP contribution in [0, 0.1) is 18.3 Å². The van der Waals surface area contributed by atoms with Crippen molar-refractivity contribution in [3.8, 4) is 6.07 Å². The Labute approximate surface area is 154 Å². The zero-order valence-electron chi connectivity index (χ0n) is 14.4. The number of benzene rings is 2. The molecule has 2 rings (SSSR count). The van der Waals surface area contributed by atoms with E-state index in [4.69, 9.17) is 5.26 Å². The summed E-state index contributed by atoms with van der Waals surface area (Å²) in [5, 5.41) is 8.83. The van der Waals surface area contributed by atoms with Crippen molar-refractivity contribution in [3.63, 3.8) is 0 Å². The number of nitriles is 1. The maximum absolute atomic E-state index is 12.3. The SMILES string of the molecule is Cc1cccc(S(=O)(=O)NCCN(c2ccc(C#N)cc2)S(C)(=O)=O)c1. The van der Waals surface area contributed by atoms with Crippen molar-refractivity contribution in [3.05, 3.63) is 59.7 Å². The fourth-order valence-electron chi connectivity index (χ4n) is 2.34. The molecule has 0 amide bonds. The van der Waals surface area contributed by atoms with Crippen molar-refractivity contribution in [2.24, 2.45) is 0 Å². The van der Waals surface area contributed by atoms with Gasteiger partial charge in [0.1, 0.15) is 0 Å². The van der Waals surface area contributed by atoms with Crippen LogP contribution in [0.25, 0.3) is 0 Å². The highest BCUT2D eigenvalue weighted by Crippen LogP contribution is 2.18. The van der Waals surface area contributed by atoms with Crippen LogP contribution in [0.2, 0.25) is 0 Å². The van der Waals surface area contributed by atoms with Crippen LogP contribution in [0.3, 0.4) is 0 Å². The highest BCUT2D eigenvalue weighted by Gasteiger charge is 2.19. The molecule has 0 unspecified atom stereocenters. The number of anilines is 1. The lowest BCUT2D eigenvalue weighted by molar-refractivity contribution is 0.578. The average molecular weight is 393 g/mol. The summed E-state index contributed by atoms with van der Waals surface area (Å²) >= 11 is 0. The van der Waals surface area contributed by atoms with E-state index in [9.17, 15) is 16.8 Å². The van der Waals surface area contributed by atoms with Gasteiger partial charge in [-0.2, -0.15) is 5.26 Å². The third-order valence-corrected chi connectivity index (χ3v) is 6.24. The summed E-state index contributed by atoms with van der Waals surface area (Å²) in [4.78, 5) is 0.127. The topological polar surface area (TPSA) is 107 Å². The van der Waals surface area contributed by atoms with E-state index < -0.39 is 20.0 Å². The molecule has 0 aliphatic heterocycles. The smallest absolute Gasteiger partial charge is 0.240 e. The Morgan fingerprint density at radius 1 is 1.08 bits per heavy atom. The quantitative estimate of drug-likeness (QED) is 0.769. The van der Waals surface area contributed by atoms with E-state index in [0.717, 1.165) is 16.1 Å². The minimum absolute atomic E-state index is 0.0736. The molecule has 0 aliphatic carbocycles. The third kappa shape index (κ3) is 5.05. The molecule has 0 saturated heterocycles. The first-order chi connectivity index (χ1) is 12.1. The van der Waals surface area contributed by atoms with Gasteiger partial charge in [-0.15, -0.1) is 0 Å². The van der Waals surface area contributed by atoms with Crippen molar-refractivity contribution in [1.82, 2.24) is 4.72 Å². The van der Waals surface area contributed by atoms with Crippen LogP contribution < -0.4 is 9.03 Å². The highest BCUT2D eigenvalue weighted by atomic mass is 32.2. The van der Waals surface area contributed by atoms with E-state index in [0.29, 0.717) is 11.3 Å². The summed E-state index contributed by atoms with van der Waals surface area (Å²) in [5.74, 6) is 0. The Morgan fingerprint density at radius 3 is 2.27 bits per heavy atom. The molecule has 0 radical (unpaired) electrons. The maximum atomic E-state index is 12.3. The number of hydrogen-bond donors (Lipinski definition) is 1. The fraction of sp³-hybridized carbons (Fsp3) is 0.235. The molecule has 0 aliphatic rings. The second-order valence-corrected chi connectivity index (χ2v) is 9.38. The van der Waals surface area contributed by atoms with Crippen LogP contribution >= 0.6 is 0 Å². The number of hydrogen-bond acceptors (Lipinski definition) is 5. The van der Waals surface area contributed by atoms with Crippen LogP contribution in [-0.4, -0.2) is 36.2 Å². The lowest BCUT2D eigenvalue weighted by Gasteiger charge is -2.22. The molecular formula is C17H19N3O4S2. The molecule has 2 aromatic rings. The van der Waals surface area contributed by atoms with Gasteiger partial charge in [-0.25, -0.2) is 21.6 Å². The van der Waals surface area contributed by atoms with Crippen LogP contribution in [0.15, 0.2) is 53.4 Å². The van der Waals surface area contributed by atoms with Gasteiger partial charge >= 0.3 is 0 Å². The molecule has 26 heavy (non-hydrogen) atoms. The normalized spacial score (nSPS) is 11.7. The summed E-state index contributed by atoms with van der Waals surface area (Å²) in [6, 6.07) is 14.4. The molecular weight excluding hydrogens is 374 g/mol. The van der Waals surface area contributed by atoms with Crippen molar-refractivity contribution in [2.75, 3.05) is 23.7 Å². The van der Waals surface area contributed by atoms with Gasteiger partial charge in [-0.1, -0.05) is 12.1 Å². The van der Waals surface area contributed by atoms with E-state index in [2.05, 4.69) is 4.72 Å². The monoisotopic (exact) mass is 393 g/mol. The predicted molar refractivity (Wildman–Crippen MR) is 99.7 cm³/mol. The van der Waals surface area contributed by atoms with E-state index >= 15 is 0 Å². The summed E-state index contributed by atoms with van der Waals surface area (Å²) in [6.45, 7) is 1.62. The second-order valence-electron chi connectivity index (χ2n) is 5.71. The minimum Gasteiger partial charge on any atom is -0.269 e. The Kier molecular flexibility index (Phi) is 6.02. The van der Waals surface area contributed by atoms with Gasteiger partial charge in [0.25, 0.3) is 0 Å². The summed E-state index contributed by atoms with van der Waals surface area (Å²) in [5.41, 5.74) is 1.58. The second kappa shape index (κ2) is 7.86. The van der Waals surface area contributed by atoms with E-state index in [1.54, 1.807) is 19.1 Å². The largest absolute Gasteiger partial charge is 0.269 e. The average Bonchev–Trinajstić information content (AvgIpc) is 2.58. The van der Waals surface area contributed by atoms with Gasteiger partial charge in [0.15, 0.2) is 0 Å². The molecule has 0 heterocycles.